The number of carbonyl (C=O) groups is 1. The SMILES string of the molecule is CN(CCc1ccccc1)Cc1ccc(OC[C@@H]2CCCN(C(=O)c3ccc4c(c3)OCO4)C2)cc1. The van der Waals surface area contributed by atoms with Crippen molar-refractivity contribution in [3.05, 3.63) is 89.5 Å². The Morgan fingerprint density at radius 1 is 1.00 bits per heavy atom. The van der Waals surface area contributed by atoms with E-state index >= 15 is 0 Å². The van der Waals surface area contributed by atoms with Crippen LogP contribution in [0, 0.1) is 5.92 Å². The lowest BCUT2D eigenvalue weighted by Crippen LogP contribution is -2.41. The lowest BCUT2D eigenvalue weighted by atomic mass is 9.98. The lowest BCUT2D eigenvalue weighted by Gasteiger charge is -2.32. The minimum atomic E-state index is 0.0405. The van der Waals surface area contributed by atoms with Gasteiger partial charge in [-0.25, -0.2) is 0 Å². The highest BCUT2D eigenvalue weighted by atomic mass is 16.7. The second-order valence-corrected chi connectivity index (χ2v) is 9.76. The van der Waals surface area contributed by atoms with Crippen molar-refractivity contribution in [2.45, 2.75) is 25.8 Å². The third-order valence-electron chi connectivity index (χ3n) is 6.91. The van der Waals surface area contributed by atoms with Crippen molar-refractivity contribution < 1.29 is 19.0 Å². The normalized spacial score (nSPS) is 16.8. The van der Waals surface area contributed by atoms with Gasteiger partial charge in [0, 0.05) is 37.7 Å². The number of fused-ring (bicyclic) bond motifs is 1. The summed E-state index contributed by atoms with van der Waals surface area (Å²) in [6.07, 6.45) is 3.10. The largest absolute Gasteiger partial charge is 0.493 e. The molecule has 0 bridgehead atoms. The first-order chi connectivity index (χ1) is 17.6. The number of hydrogen-bond donors (Lipinski definition) is 0. The van der Waals surface area contributed by atoms with Gasteiger partial charge in [-0.3, -0.25) is 4.79 Å². The molecular formula is C30H34N2O4. The number of likely N-dealkylation sites (tertiary alicyclic amines) is 1. The van der Waals surface area contributed by atoms with Crippen LogP contribution >= 0.6 is 0 Å². The monoisotopic (exact) mass is 486 g/mol. The minimum Gasteiger partial charge on any atom is -0.493 e. The molecule has 0 N–H and O–H groups in total. The highest BCUT2D eigenvalue weighted by Crippen LogP contribution is 2.33. The van der Waals surface area contributed by atoms with Gasteiger partial charge in [0.25, 0.3) is 5.91 Å². The molecule has 3 aromatic rings. The third-order valence-corrected chi connectivity index (χ3v) is 6.91. The molecule has 2 aliphatic heterocycles. The Morgan fingerprint density at radius 3 is 2.64 bits per heavy atom. The number of amides is 1. The Balaban J connectivity index is 1.08. The molecule has 2 aliphatic rings. The van der Waals surface area contributed by atoms with Crippen LogP contribution in [0.25, 0.3) is 0 Å². The molecule has 1 saturated heterocycles. The molecule has 0 unspecified atom stereocenters. The van der Waals surface area contributed by atoms with E-state index in [9.17, 15) is 4.79 Å². The second-order valence-electron chi connectivity index (χ2n) is 9.76. The van der Waals surface area contributed by atoms with Crippen LogP contribution in [-0.2, 0) is 13.0 Å². The van der Waals surface area contributed by atoms with Crippen LogP contribution in [-0.4, -0.2) is 55.8 Å². The third kappa shape index (κ3) is 6.18. The van der Waals surface area contributed by atoms with E-state index in [1.54, 1.807) is 6.07 Å². The Morgan fingerprint density at radius 2 is 1.81 bits per heavy atom. The molecule has 0 radical (unpaired) electrons. The Hall–Kier alpha value is -3.51. The quantitative estimate of drug-likeness (QED) is 0.425. The first-order valence-electron chi connectivity index (χ1n) is 12.8. The van der Waals surface area contributed by atoms with Gasteiger partial charge < -0.3 is 24.0 Å². The second kappa shape index (κ2) is 11.5. The molecule has 1 atom stereocenters. The van der Waals surface area contributed by atoms with Crippen molar-refractivity contribution in [3.63, 3.8) is 0 Å². The van der Waals surface area contributed by atoms with Crippen molar-refractivity contribution >= 4 is 5.91 Å². The molecule has 3 aromatic carbocycles. The molecule has 6 heteroatoms. The molecule has 0 saturated carbocycles. The maximum absolute atomic E-state index is 13.1. The molecule has 1 fully saturated rings. The number of rotatable bonds is 9. The van der Waals surface area contributed by atoms with E-state index in [1.165, 1.54) is 11.1 Å². The molecule has 0 spiro atoms. The standard InChI is InChI=1S/C30H34N2O4/c1-31(17-15-23-6-3-2-4-7-23)19-24-9-12-27(13-10-24)34-21-25-8-5-16-32(20-25)30(33)26-11-14-28-29(18-26)36-22-35-28/h2-4,6-7,9-14,18,25H,5,8,15-17,19-22H2,1H3/t25-/m1/s1. The zero-order chi connectivity index (χ0) is 24.7. The van der Waals surface area contributed by atoms with E-state index in [0.29, 0.717) is 36.1 Å². The van der Waals surface area contributed by atoms with Gasteiger partial charge in [-0.2, -0.15) is 0 Å². The van der Waals surface area contributed by atoms with Crippen LogP contribution in [0.5, 0.6) is 17.2 Å². The number of benzene rings is 3. The van der Waals surface area contributed by atoms with Crippen LogP contribution in [0.3, 0.4) is 0 Å². The van der Waals surface area contributed by atoms with Crippen LogP contribution in [0.2, 0.25) is 0 Å². The number of nitrogens with zero attached hydrogens (tertiary/aromatic N) is 2. The summed E-state index contributed by atoms with van der Waals surface area (Å²) in [5, 5.41) is 0. The fraction of sp³-hybridized carbons (Fsp3) is 0.367. The van der Waals surface area contributed by atoms with Gasteiger partial charge >= 0.3 is 0 Å². The van der Waals surface area contributed by atoms with E-state index in [0.717, 1.165) is 44.6 Å². The molecule has 188 valence electrons. The fourth-order valence-electron chi connectivity index (χ4n) is 4.86. The van der Waals surface area contributed by atoms with E-state index < -0.39 is 0 Å². The van der Waals surface area contributed by atoms with Crippen LogP contribution < -0.4 is 14.2 Å². The van der Waals surface area contributed by atoms with Crippen molar-refractivity contribution in [1.29, 1.82) is 0 Å². The molecule has 2 heterocycles. The van der Waals surface area contributed by atoms with Crippen molar-refractivity contribution in [2.75, 3.05) is 40.1 Å². The zero-order valence-electron chi connectivity index (χ0n) is 20.9. The summed E-state index contributed by atoms with van der Waals surface area (Å²) >= 11 is 0. The average Bonchev–Trinajstić information content (AvgIpc) is 3.40. The predicted molar refractivity (Wildman–Crippen MR) is 140 cm³/mol. The Kier molecular flexibility index (Phi) is 7.72. The van der Waals surface area contributed by atoms with Crippen LogP contribution in [0.15, 0.2) is 72.8 Å². The topological polar surface area (TPSA) is 51.2 Å². The van der Waals surface area contributed by atoms with E-state index in [4.69, 9.17) is 14.2 Å². The zero-order valence-corrected chi connectivity index (χ0v) is 20.9. The number of hydrogen-bond acceptors (Lipinski definition) is 5. The summed E-state index contributed by atoms with van der Waals surface area (Å²) in [6, 6.07) is 24.4. The van der Waals surface area contributed by atoms with Crippen molar-refractivity contribution in [1.82, 2.24) is 9.80 Å². The number of piperidine rings is 1. The molecule has 5 rings (SSSR count). The van der Waals surface area contributed by atoms with E-state index in [2.05, 4.69) is 66.5 Å². The first kappa shape index (κ1) is 24.2. The van der Waals surface area contributed by atoms with Gasteiger partial charge in [0.1, 0.15) is 5.75 Å². The minimum absolute atomic E-state index is 0.0405. The lowest BCUT2D eigenvalue weighted by molar-refractivity contribution is 0.0633. The maximum Gasteiger partial charge on any atom is 0.254 e. The van der Waals surface area contributed by atoms with Gasteiger partial charge in [0.15, 0.2) is 11.5 Å². The van der Waals surface area contributed by atoms with Crippen molar-refractivity contribution in [2.24, 2.45) is 5.92 Å². The molecular weight excluding hydrogens is 452 g/mol. The summed E-state index contributed by atoms with van der Waals surface area (Å²) in [6.45, 7) is 4.23. The van der Waals surface area contributed by atoms with Crippen molar-refractivity contribution in [3.8, 4) is 17.2 Å². The number of ether oxygens (including phenoxy) is 3. The van der Waals surface area contributed by atoms with Crippen LogP contribution in [0.4, 0.5) is 0 Å². The highest BCUT2D eigenvalue weighted by molar-refractivity contribution is 5.95. The smallest absolute Gasteiger partial charge is 0.254 e. The molecule has 36 heavy (non-hydrogen) atoms. The summed E-state index contributed by atoms with van der Waals surface area (Å²) in [4.78, 5) is 17.3. The Bertz CT molecular complexity index is 1150. The molecule has 0 aliphatic carbocycles. The number of likely N-dealkylation sites (N-methyl/N-ethyl adjacent to an activating group) is 1. The van der Waals surface area contributed by atoms with Gasteiger partial charge in [0.05, 0.1) is 6.61 Å². The van der Waals surface area contributed by atoms with E-state index in [-0.39, 0.29) is 12.7 Å². The van der Waals surface area contributed by atoms with Gasteiger partial charge in [-0.1, -0.05) is 42.5 Å². The fourth-order valence-corrected chi connectivity index (χ4v) is 4.86. The average molecular weight is 487 g/mol. The van der Waals surface area contributed by atoms with Crippen LogP contribution in [0.1, 0.15) is 34.3 Å². The van der Waals surface area contributed by atoms with Gasteiger partial charge in [-0.15, -0.1) is 0 Å². The molecule has 6 nitrogen and oxygen atoms in total. The molecule has 1 amide bonds. The predicted octanol–water partition coefficient (Wildman–Crippen LogP) is 5.02. The Labute approximate surface area is 213 Å². The summed E-state index contributed by atoms with van der Waals surface area (Å²) in [7, 11) is 2.16. The van der Waals surface area contributed by atoms with Gasteiger partial charge in [-0.05, 0) is 67.8 Å². The summed E-state index contributed by atoms with van der Waals surface area (Å²) in [5.41, 5.74) is 3.29. The van der Waals surface area contributed by atoms with E-state index in [1.807, 2.05) is 17.0 Å². The first-order valence-corrected chi connectivity index (χ1v) is 12.8. The number of carbonyl (C=O) groups excluding carboxylic acids is 1. The van der Waals surface area contributed by atoms with Gasteiger partial charge in [0.2, 0.25) is 6.79 Å². The molecule has 0 aromatic heterocycles. The highest BCUT2D eigenvalue weighted by Gasteiger charge is 2.26. The summed E-state index contributed by atoms with van der Waals surface area (Å²) < 4.78 is 16.9. The maximum atomic E-state index is 13.1. The summed E-state index contributed by atoms with van der Waals surface area (Å²) in [5.74, 6) is 2.58.